The van der Waals surface area contributed by atoms with Crippen molar-refractivity contribution < 1.29 is 42.5 Å². The molecule has 0 radical (unpaired) electrons. The van der Waals surface area contributed by atoms with Gasteiger partial charge in [-0.2, -0.15) is 0 Å². The largest absolute Gasteiger partial charge is 0.300 e. The van der Waals surface area contributed by atoms with Gasteiger partial charge in [-0.05, 0) is 0 Å². The zero-order valence-electron chi connectivity index (χ0n) is 4.68. The third kappa shape index (κ3) is 6.93. The number of hydrogen-bond acceptors (Lipinski definition) is 1. The van der Waals surface area contributed by atoms with Gasteiger partial charge in [0.1, 0.15) is 5.78 Å². The number of carbonyl (C=O) groups is 1. The molecular weight excluding hydrogens is 116 g/mol. The SMILES string of the molecule is CCC(=O)CC.[Ar]. The fourth-order valence-corrected chi connectivity index (χ4v) is 0.250. The van der Waals surface area contributed by atoms with Gasteiger partial charge in [0, 0.05) is 50.6 Å². The van der Waals surface area contributed by atoms with E-state index in [0.717, 1.165) is 0 Å². The van der Waals surface area contributed by atoms with Gasteiger partial charge in [-0.15, -0.1) is 0 Å². The van der Waals surface area contributed by atoms with E-state index in [2.05, 4.69) is 0 Å². The predicted molar refractivity (Wildman–Crippen MR) is 25.6 cm³/mol. The van der Waals surface area contributed by atoms with Gasteiger partial charge in [0.15, 0.2) is 0 Å². The molecule has 0 spiro atoms. The van der Waals surface area contributed by atoms with Crippen LogP contribution in [0.3, 0.4) is 0 Å². The maximum atomic E-state index is 10.2. The topological polar surface area (TPSA) is 17.1 Å². The molecule has 1 nitrogen and oxygen atoms in total. The first-order chi connectivity index (χ1) is 2.81. The van der Waals surface area contributed by atoms with Gasteiger partial charge in [-0.25, -0.2) is 0 Å². The van der Waals surface area contributed by atoms with E-state index in [0.29, 0.717) is 18.6 Å². The first kappa shape index (κ1) is 10.8. The average Bonchev–Trinajstić information content (AvgIpc) is 1.65. The zero-order chi connectivity index (χ0) is 4.99. The molecule has 0 heterocycles. The summed E-state index contributed by atoms with van der Waals surface area (Å²) >= 11 is 0. The minimum atomic E-state index is 0. The summed E-state index contributed by atoms with van der Waals surface area (Å²) in [7, 11) is 0. The van der Waals surface area contributed by atoms with Crippen LogP contribution in [0.1, 0.15) is 26.7 Å². The molecule has 0 aromatic rings. The molecule has 0 N–H and O–H groups in total. The molecule has 0 atom stereocenters. The molecule has 7 heavy (non-hydrogen) atoms. The maximum absolute atomic E-state index is 10.2. The zero-order valence-corrected chi connectivity index (χ0v) is 5.38. The van der Waals surface area contributed by atoms with E-state index in [1.54, 1.807) is 0 Å². The molecule has 2 heteroatoms. The van der Waals surface area contributed by atoms with Crippen LogP contribution in [0.2, 0.25) is 0 Å². The van der Waals surface area contributed by atoms with Crippen LogP contribution >= 0.6 is 0 Å². The van der Waals surface area contributed by atoms with Crippen LogP contribution < -0.4 is 0 Å². The van der Waals surface area contributed by atoms with Gasteiger partial charge in [0.25, 0.3) is 0 Å². The first-order valence-corrected chi connectivity index (χ1v) is 2.33. The number of Topliss-reactive ketones (excluding diaryl/α,β-unsaturated/α-hetero) is 1. The van der Waals surface area contributed by atoms with Gasteiger partial charge < -0.3 is 0 Å². The number of hydrogen-bond donors (Lipinski definition) is 0. The van der Waals surface area contributed by atoms with E-state index in [1.165, 1.54) is 0 Å². The van der Waals surface area contributed by atoms with Crippen LogP contribution in [-0.2, 0) is 4.79 Å². The van der Waals surface area contributed by atoms with Gasteiger partial charge in [-0.1, -0.05) is 13.8 Å². The Hall–Kier alpha value is 0.930. The summed E-state index contributed by atoms with van der Waals surface area (Å²) in [6.07, 6.45) is 1.38. The van der Waals surface area contributed by atoms with Crippen molar-refractivity contribution in [3.8, 4) is 0 Å². The quantitative estimate of drug-likeness (QED) is 0.546. The van der Waals surface area contributed by atoms with Crippen molar-refractivity contribution in [3.63, 3.8) is 0 Å². The third-order valence-corrected chi connectivity index (χ3v) is 0.789. The van der Waals surface area contributed by atoms with Crippen molar-refractivity contribution >= 4 is 5.78 Å². The Bertz CT molecular complexity index is 46.0. The Balaban J connectivity index is 0. The molecule has 0 fully saturated rings. The van der Waals surface area contributed by atoms with E-state index in [4.69, 9.17) is 0 Å². The summed E-state index contributed by atoms with van der Waals surface area (Å²) in [5, 5.41) is 0. The van der Waals surface area contributed by atoms with Gasteiger partial charge in [-0.3, -0.25) is 4.79 Å². The second kappa shape index (κ2) is 6.93. The Kier molecular flexibility index (Phi) is 10.7. The second-order valence-electron chi connectivity index (χ2n) is 1.25. The molecule has 0 amide bonds. The molecule has 0 aliphatic heterocycles. The molecule has 0 aliphatic rings. The molecular formula is C5H10ArO. The molecule has 0 unspecified atom stereocenters. The van der Waals surface area contributed by atoms with Crippen LogP contribution in [0.15, 0.2) is 0 Å². The van der Waals surface area contributed by atoms with Gasteiger partial charge in [0.2, 0.25) is 0 Å². The Morgan fingerprint density at radius 3 is 1.57 bits per heavy atom. The summed E-state index contributed by atoms with van der Waals surface area (Å²) in [5.74, 6) is 0.343. The summed E-state index contributed by atoms with van der Waals surface area (Å²) in [6.45, 7) is 3.76. The second-order valence-corrected chi connectivity index (χ2v) is 1.25. The van der Waals surface area contributed by atoms with Crippen molar-refractivity contribution in [2.45, 2.75) is 26.7 Å². The van der Waals surface area contributed by atoms with Crippen LogP contribution in [-0.4, -0.2) is 5.78 Å². The molecule has 0 rings (SSSR count). The maximum Gasteiger partial charge on any atom is 0.132 e. The smallest absolute Gasteiger partial charge is 0.132 e. The molecule has 0 aromatic carbocycles. The number of ketones is 1. The minimum Gasteiger partial charge on any atom is -0.300 e. The predicted octanol–water partition coefficient (Wildman–Crippen LogP) is 1.38. The van der Waals surface area contributed by atoms with Crippen molar-refractivity contribution in [1.29, 1.82) is 0 Å². The Morgan fingerprint density at radius 2 is 1.57 bits per heavy atom. The van der Waals surface area contributed by atoms with Gasteiger partial charge >= 0.3 is 0 Å². The standard InChI is InChI=1S/C5H10O.Ar/c1-3-5(6)4-2;/h3-4H2,1-2H3;. The fourth-order valence-electron chi connectivity index (χ4n) is 0.250. The van der Waals surface area contributed by atoms with E-state index >= 15 is 0 Å². The van der Waals surface area contributed by atoms with E-state index < -0.39 is 0 Å². The van der Waals surface area contributed by atoms with E-state index in [1.807, 2.05) is 13.8 Å². The molecule has 0 saturated heterocycles. The van der Waals surface area contributed by atoms with Crippen molar-refractivity contribution in [3.05, 3.63) is 0 Å². The van der Waals surface area contributed by atoms with Crippen molar-refractivity contribution in [2.75, 3.05) is 0 Å². The number of carbonyl (C=O) groups excluding carboxylic acids is 1. The molecule has 0 aliphatic carbocycles. The van der Waals surface area contributed by atoms with E-state index in [-0.39, 0.29) is 37.7 Å². The third-order valence-electron chi connectivity index (χ3n) is 0.789. The van der Waals surface area contributed by atoms with Crippen LogP contribution in [0.25, 0.3) is 0 Å². The first-order valence-electron chi connectivity index (χ1n) is 2.33. The van der Waals surface area contributed by atoms with Crippen LogP contribution in [0.5, 0.6) is 0 Å². The van der Waals surface area contributed by atoms with Crippen LogP contribution in [0.4, 0.5) is 0 Å². The summed E-state index contributed by atoms with van der Waals surface area (Å²) < 4.78 is 0. The Morgan fingerprint density at radius 1 is 1.29 bits per heavy atom. The molecule has 0 aromatic heterocycles. The summed E-state index contributed by atoms with van der Waals surface area (Å²) in [4.78, 5) is 10.2. The fraction of sp³-hybridized carbons (Fsp3) is 0.800. The van der Waals surface area contributed by atoms with Gasteiger partial charge in [0.05, 0.1) is 0 Å². The molecule has 44 valence electrons. The van der Waals surface area contributed by atoms with Crippen molar-refractivity contribution in [1.82, 2.24) is 0 Å². The normalized spacial score (nSPS) is 7.14. The summed E-state index contributed by atoms with van der Waals surface area (Å²) in [6, 6.07) is 0. The van der Waals surface area contributed by atoms with Crippen molar-refractivity contribution in [2.24, 2.45) is 0 Å². The molecule has 0 bridgehead atoms. The Labute approximate surface area is 74.5 Å². The minimum absolute atomic E-state index is 0. The van der Waals surface area contributed by atoms with Crippen LogP contribution in [0, 0.1) is 37.7 Å². The molecule has 0 saturated carbocycles. The van der Waals surface area contributed by atoms with E-state index in [9.17, 15) is 4.79 Å². The number of rotatable bonds is 2. The monoisotopic (exact) mass is 126 g/mol. The average molecular weight is 126 g/mol. The summed E-state index contributed by atoms with van der Waals surface area (Å²) in [5.41, 5.74) is 0.